The van der Waals surface area contributed by atoms with Crippen molar-refractivity contribution in [3.63, 3.8) is 0 Å². The number of amides is 1. The van der Waals surface area contributed by atoms with Crippen LogP contribution in [0.25, 0.3) is 0 Å². The molecule has 0 saturated heterocycles. The van der Waals surface area contributed by atoms with Crippen molar-refractivity contribution in [2.45, 2.75) is 32.2 Å². The highest BCUT2D eigenvalue weighted by Crippen LogP contribution is 2.34. The van der Waals surface area contributed by atoms with E-state index < -0.39 is 5.82 Å². The van der Waals surface area contributed by atoms with Gasteiger partial charge in [-0.05, 0) is 49.4 Å². The number of benzene rings is 1. The van der Waals surface area contributed by atoms with Crippen molar-refractivity contribution >= 4 is 18.3 Å². The van der Waals surface area contributed by atoms with Crippen LogP contribution in [0.2, 0.25) is 0 Å². The first-order valence-corrected chi connectivity index (χ1v) is 7.56. The van der Waals surface area contributed by atoms with Gasteiger partial charge in [-0.2, -0.15) is 0 Å². The molecule has 3 nitrogen and oxygen atoms in total. The van der Waals surface area contributed by atoms with Gasteiger partial charge in [0.15, 0.2) is 0 Å². The minimum atomic E-state index is -0.425. The number of carbonyl (C=O) groups excluding carboxylic acids is 1. The molecule has 122 valence electrons. The van der Waals surface area contributed by atoms with Gasteiger partial charge >= 0.3 is 0 Å². The zero-order valence-electron chi connectivity index (χ0n) is 12.4. The van der Waals surface area contributed by atoms with E-state index in [4.69, 9.17) is 5.73 Å². The Morgan fingerprint density at radius 3 is 2.59 bits per heavy atom. The Labute approximate surface area is 135 Å². The first-order chi connectivity index (χ1) is 10.1. The summed E-state index contributed by atoms with van der Waals surface area (Å²) < 4.78 is 27.6. The maximum atomic E-state index is 13.9. The molecule has 22 heavy (non-hydrogen) atoms. The molecule has 0 aromatic heterocycles. The van der Waals surface area contributed by atoms with Crippen molar-refractivity contribution in [1.82, 2.24) is 4.90 Å². The molecule has 0 unspecified atom stereocenters. The Bertz CT molecular complexity index is 567. The van der Waals surface area contributed by atoms with Crippen molar-refractivity contribution < 1.29 is 13.6 Å². The highest BCUT2D eigenvalue weighted by molar-refractivity contribution is 5.85. The van der Waals surface area contributed by atoms with E-state index in [2.05, 4.69) is 0 Å². The molecule has 3 rings (SSSR count). The lowest BCUT2D eigenvalue weighted by molar-refractivity contribution is -0.137. The van der Waals surface area contributed by atoms with E-state index in [1.54, 1.807) is 4.90 Å². The summed E-state index contributed by atoms with van der Waals surface area (Å²) in [4.78, 5) is 14.3. The highest BCUT2D eigenvalue weighted by atomic mass is 35.5. The van der Waals surface area contributed by atoms with E-state index in [0.717, 1.165) is 31.4 Å². The third-order valence-electron chi connectivity index (χ3n) is 4.89. The van der Waals surface area contributed by atoms with E-state index in [9.17, 15) is 13.6 Å². The van der Waals surface area contributed by atoms with Gasteiger partial charge in [0.25, 0.3) is 0 Å². The van der Waals surface area contributed by atoms with Crippen LogP contribution >= 0.6 is 12.4 Å². The van der Waals surface area contributed by atoms with Gasteiger partial charge in [0.2, 0.25) is 5.91 Å². The summed E-state index contributed by atoms with van der Waals surface area (Å²) >= 11 is 0. The SMILES string of the molecule is Cl.NC[C@H]1CCC[C@H]1C(=O)N1CCc2c(F)ccc(F)c2C1. The van der Waals surface area contributed by atoms with Crippen molar-refractivity contribution in [3.8, 4) is 0 Å². The number of hydrogen-bond acceptors (Lipinski definition) is 2. The van der Waals surface area contributed by atoms with Crippen LogP contribution in [0.3, 0.4) is 0 Å². The molecular weight excluding hydrogens is 310 g/mol. The lowest BCUT2D eigenvalue weighted by Crippen LogP contribution is -2.42. The molecule has 2 aliphatic rings. The summed E-state index contributed by atoms with van der Waals surface area (Å²) in [5.74, 6) is -0.563. The molecule has 1 amide bonds. The largest absolute Gasteiger partial charge is 0.338 e. The third kappa shape index (κ3) is 2.97. The normalized spacial score (nSPS) is 23.9. The standard InChI is InChI=1S/C16H20F2N2O.ClH/c17-14-4-5-15(18)13-9-20(7-6-12(13)14)16(21)11-3-1-2-10(11)8-19;/h4-5,10-11H,1-3,6-9,19H2;1H/t10-,11-;/m1./s1. The maximum absolute atomic E-state index is 13.9. The number of carbonyl (C=O) groups is 1. The first-order valence-electron chi connectivity index (χ1n) is 7.56. The van der Waals surface area contributed by atoms with Crippen molar-refractivity contribution in [1.29, 1.82) is 0 Å². The molecule has 2 atom stereocenters. The molecular formula is C16H21ClF2N2O. The third-order valence-corrected chi connectivity index (χ3v) is 4.89. The fourth-order valence-electron chi connectivity index (χ4n) is 3.66. The molecule has 1 aromatic carbocycles. The molecule has 1 fully saturated rings. The van der Waals surface area contributed by atoms with E-state index in [-0.39, 0.29) is 42.5 Å². The van der Waals surface area contributed by atoms with E-state index in [1.807, 2.05) is 0 Å². The molecule has 6 heteroatoms. The quantitative estimate of drug-likeness (QED) is 0.906. The molecule has 1 aliphatic carbocycles. The highest BCUT2D eigenvalue weighted by Gasteiger charge is 2.36. The van der Waals surface area contributed by atoms with Gasteiger partial charge in [-0.15, -0.1) is 12.4 Å². The van der Waals surface area contributed by atoms with Crippen molar-refractivity contribution in [2.75, 3.05) is 13.1 Å². The zero-order valence-corrected chi connectivity index (χ0v) is 13.2. The summed E-state index contributed by atoms with van der Waals surface area (Å²) in [7, 11) is 0. The number of rotatable bonds is 2. The molecule has 0 bridgehead atoms. The van der Waals surface area contributed by atoms with E-state index in [1.165, 1.54) is 0 Å². The van der Waals surface area contributed by atoms with Gasteiger partial charge in [0, 0.05) is 24.6 Å². The van der Waals surface area contributed by atoms with Gasteiger partial charge in [-0.3, -0.25) is 4.79 Å². The second-order valence-corrected chi connectivity index (χ2v) is 6.03. The first kappa shape index (κ1) is 17.2. The molecule has 1 aliphatic heterocycles. The van der Waals surface area contributed by atoms with Gasteiger partial charge in [0.1, 0.15) is 11.6 Å². The minimum absolute atomic E-state index is 0. The summed E-state index contributed by atoms with van der Waals surface area (Å²) in [6.45, 7) is 1.15. The number of halogens is 3. The lowest BCUT2D eigenvalue weighted by atomic mass is 9.92. The van der Waals surface area contributed by atoms with E-state index >= 15 is 0 Å². The average Bonchev–Trinajstić information content (AvgIpc) is 2.98. The van der Waals surface area contributed by atoms with E-state index in [0.29, 0.717) is 30.6 Å². The van der Waals surface area contributed by atoms with Crippen LogP contribution in [0.15, 0.2) is 12.1 Å². The predicted molar refractivity (Wildman–Crippen MR) is 82.6 cm³/mol. The molecule has 0 radical (unpaired) electrons. The van der Waals surface area contributed by atoms with Gasteiger partial charge in [-0.25, -0.2) is 8.78 Å². The Morgan fingerprint density at radius 2 is 1.91 bits per heavy atom. The summed E-state index contributed by atoms with van der Waals surface area (Å²) in [5, 5.41) is 0. The monoisotopic (exact) mass is 330 g/mol. The molecule has 2 N–H and O–H groups in total. The summed E-state index contributed by atoms with van der Waals surface area (Å²) in [6.07, 6.45) is 3.24. The fourth-order valence-corrected chi connectivity index (χ4v) is 3.66. The van der Waals surface area contributed by atoms with Crippen LogP contribution in [0, 0.1) is 23.5 Å². The van der Waals surface area contributed by atoms with Gasteiger partial charge < -0.3 is 10.6 Å². The number of hydrogen-bond donors (Lipinski definition) is 1. The van der Waals surface area contributed by atoms with Crippen LogP contribution in [0.5, 0.6) is 0 Å². The lowest BCUT2D eigenvalue weighted by Gasteiger charge is -2.32. The second kappa shape index (κ2) is 6.92. The zero-order chi connectivity index (χ0) is 15.0. The Hall–Kier alpha value is -1.20. The number of nitrogens with zero attached hydrogens (tertiary/aromatic N) is 1. The molecule has 1 saturated carbocycles. The predicted octanol–water partition coefficient (Wildman–Crippen LogP) is 2.65. The topological polar surface area (TPSA) is 46.3 Å². The van der Waals surface area contributed by atoms with Gasteiger partial charge in [0.05, 0.1) is 0 Å². The Balaban J connectivity index is 0.00000176. The van der Waals surface area contributed by atoms with Crippen LogP contribution in [0.1, 0.15) is 30.4 Å². The van der Waals surface area contributed by atoms with Crippen LogP contribution < -0.4 is 5.73 Å². The van der Waals surface area contributed by atoms with Crippen LogP contribution in [-0.2, 0) is 17.8 Å². The molecule has 0 spiro atoms. The summed E-state index contributed by atoms with van der Waals surface area (Å²) in [5.41, 5.74) is 6.48. The van der Waals surface area contributed by atoms with Crippen LogP contribution in [0.4, 0.5) is 8.78 Å². The number of fused-ring (bicyclic) bond motifs is 1. The second-order valence-electron chi connectivity index (χ2n) is 6.03. The molecule has 1 aromatic rings. The number of nitrogens with two attached hydrogens (primary N) is 1. The smallest absolute Gasteiger partial charge is 0.226 e. The van der Waals surface area contributed by atoms with Crippen molar-refractivity contribution in [3.05, 3.63) is 34.9 Å². The molecule has 1 heterocycles. The summed E-state index contributed by atoms with van der Waals surface area (Å²) in [6, 6.07) is 2.30. The fraction of sp³-hybridized carbons (Fsp3) is 0.562. The Morgan fingerprint density at radius 1 is 1.23 bits per heavy atom. The average molecular weight is 331 g/mol. The van der Waals surface area contributed by atoms with Gasteiger partial charge in [-0.1, -0.05) is 6.42 Å². The minimum Gasteiger partial charge on any atom is -0.338 e. The van der Waals surface area contributed by atoms with Crippen LogP contribution in [-0.4, -0.2) is 23.9 Å². The maximum Gasteiger partial charge on any atom is 0.226 e. The van der Waals surface area contributed by atoms with Crippen molar-refractivity contribution in [2.24, 2.45) is 17.6 Å². The Kier molecular flexibility index (Phi) is 5.40.